The fourth-order valence-corrected chi connectivity index (χ4v) is 1.66. The van der Waals surface area contributed by atoms with Crippen molar-refractivity contribution in [1.29, 1.82) is 0 Å². The molecule has 1 N–H and O–H groups in total. The van der Waals surface area contributed by atoms with Gasteiger partial charge in [0.15, 0.2) is 5.76 Å². The molecule has 1 aromatic heterocycles. The minimum atomic E-state index is 0.439. The number of nitrogens with zero attached hydrogens (tertiary/aromatic N) is 1. The molecule has 0 aliphatic heterocycles. The number of ether oxygens (including phenoxy) is 1. The van der Waals surface area contributed by atoms with Crippen molar-refractivity contribution in [1.82, 2.24) is 10.5 Å². The molecule has 0 saturated heterocycles. The van der Waals surface area contributed by atoms with Gasteiger partial charge in [0, 0.05) is 18.7 Å². The summed E-state index contributed by atoms with van der Waals surface area (Å²) in [6.07, 6.45) is 0. The van der Waals surface area contributed by atoms with Gasteiger partial charge >= 0.3 is 0 Å². The second-order valence-corrected chi connectivity index (χ2v) is 4.80. The molecule has 4 heteroatoms. The maximum atomic E-state index is 5.59. The van der Waals surface area contributed by atoms with Crippen molar-refractivity contribution in [2.75, 3.05) is 0 Å². The zero-order valence-electron chi connectivity index (χ0n) is 11.4. The van der Waals surface area contributed by atoms with E-state index in [1.165, 1.54) is 0 Å². The van der Waals surface area contributed by atoms with Crippen LogP contribution in [-0.4, -0.2) is 11.2 Å². The molecular weight excluding hydrogens is 240 g/mol. The van der Waals surface area contributed by atoms with E-state index in [1.54, 1.807) is 0 Å². The molecule has 0 amide bonds. The van der Waals surface area contributed by atoms with Crippen molar-refractivity contribution >= 4 is 0 Å². The van der Waals surface area contributed by atoms with Crippen LogP contribution >= 0.6 is 0 Å². The van der Waals surface area contributed by atoms with Gasteiger partial charge < -0.3 is 14.6 Å². The van der Waals surface area contributed by atoms with Gasteiger partial charge in [-0.3, -0.25) is 0 Å². The molecule has 0 unspecified atom stereocenters. The first-order valence-electron chi connectivity index (χ1n) is 6.53. The summed E-state index contributed by atoms with van der Waals surface area (Å²) in [5.74, 6) is 0.761. The van der Waals surface area contributed by atoms with Gasteiger partial charge in [-0.05, 0) is 5.56 Å². The summed E-state index contributed by atoms with van der Waals surface area (Å²) in [6, 6.07) is 12.4. The second-order valence-electron chi connectivity index (χ2n) is 4.80. The average molecular weight is 260 g/mol. The number of rotatable bonds is 7. The lowest BCUT2D eigenvalue weighted by atomic mass is 10.2. The van der Waals surface area contributed by atoms with Crippen LogP contribution in [0.2, 0.25) is 0 Å². The van der Waals surface area contributed by atoms with E-state index in [4.69, 9.17) is 9.26 Å². The van der Waals surface area contributed by atoms with Gasteiger partial charge in [-0.15, -0.1) is 0 Å². The van der Waals surface area contributed by atoms with Crippen LogP contribution in [-0.2, 0) is 24.5 Å². The highest BCUT2D eigenvalue weighted by Gasteiger charge is 2.05. The Labute approximate surface area is 113 Å². The van der Waals surface area contributed by atoms with E-state index in [0.29, 0.717) is 19.3 Å². The number of benzene rings is 1. The largest absolute Gasteiger partial charge is 0.369 e. The lowest BCUT2D eigenvalue weighted by Gasteiger charge is -2.03. The molecule has 0 spiro atoms. The molecule has 102 valence electrons. The highest BCUT2D eigenvalue weighted by atomic mass is 16.5. The van der Waals surface area contributed by atoms with Crippen LogP contribution in [0.1, 0.15) is 30.9 Å². The van der Waals surface area contributed by atoms with Gasteiger partial charge in [0.1, 0.15) is 6.61 Å². The van der Waals surface area contributed by atoms with Crippen LogP contribution < -0.4 is 5.32 Å². The molecule has 19 heavy (non-hydrogen) atoms. The van der Waals surface area contributed by atoms with E-state index < -0.39 is 0 Å². The maximum Gasteiger partial charge on any atom is 0.162 e. The molecule has 0 aliphatic carbocycles. The van der Waals surface area contributed by atoms with Crippen molar-refractivity contribution in [3.8, 4) is 0 Å². The zero-order chi connectivity index (χ0) is 13.5. The first kappa shape index (κ1) is 13.8. The Morgan fingerprint density at radius 3 is 2.74 bits per heavy atom. The molecule has 4 nitrogen and oxygen atoms in total. The van der Waals surface area contributed by atoms with E-state index in [0.717, 1.165) is 23.6 Å². The Kier molecular flexibility index (Phi) is 5.12. The highest BCUT2D eigenvalue weighted by Crippen LogP contribution is 2.08. The fraction of sp³-hybridized carbons (Fsp3) is 0.400. The molecular formula is C15H20N2O2. The second kappa shape index (κ2) is 7.07. The summed E-state index contributed by atoms with van der Waals surface area (Å²) in [5, 5.41) is 7.29. The first-order chi connectivity index (χ1) is 9.24. The lowest BCUT2D eigenvalue weighted by Crippen LogP contribution is -2.21. The minimum absolute atomic E-state index is 0.439. The Morgan fingerprint density at radius 1 is 1.21 bits per heavy atom. The van der Waals surface area contributed by atoms with Crippen molar-refractivity contribution in [2.24, 2.45) is 0 Å². The molecule has 1 aromatic carbocycles. The molecule has 0 bridgehead atoms. The summed E-state index contributed by atoms with van der Waals surface area (Å²) in [6.45, 7) is 5.96. The van der Waals surface area contributed by atoms with Crippen LogP contribution in [0.25, 0.3) is 0 Å². The third-order valence-corrected chi connectivity index (χ3v) is 2.66. The van der Waals surface area contributed by atoms with Gasteiger partial charge in [-0.25, -0.2) is 0 Å². The van der Waals surface area contributed by atoms with Crippen molar-refractivity contribution in [3.05, 3.63) is 53.4 Å². The van der Waals surface area contributed by atoms with Gasteiger partial charge in [0.05, 0.1) is 12.3 Å². The molecule has 2 aromatic rings. The summed E-state index contributed by atoms with van der Waals surface area (Å²) in [4.78, 5) is 0. The quantitative estimate of drug-likeness (QED) is 0.831. The van der Waals surface area contributed by atoms with Gasteiger partial charge in [0.2, 0.25) is 0 Å². The van der Waals surface area contributed by atoms with Crippen LogP contribution in [0.4, 0.5) is 0 Å². The monoisotopic (exact) mass is 260 g/mol. The number of aromatic nitrogens is 1. The predicted molar refractivity (Wildman–Crippen MR) is 73.4 cm³/mol. The predicted octanol–water partition coefficient (Wildman–Crippen LogP) is 2.89. The van der Waals surface area contributed by atoms with Crippen molar-refractivity contribution in [3.63, 3.8) is 0 Å². The van der Waals surface area contributed by atoms with Crippen LogP contribution in [0.5, 0.6) is 0 Å². The van der Waals surface area contributed by atoms with E-state index in [1.807, 2.05) is 36.4 Å². The third kappa shape index (κ3) is 4.85. The van der Waals surface area contributed by atoms with Gasteiger partial charge in [-0.2, -0.15) is 0 Å². The minimum Gasteiger partial charge on any atom is -0.369 e. The summed E-state index contributed by atoms with van der Waals surface area (Å²) in [5.41, 5.74) is 2.07. The van der Waals surface area contributed by atoms with E-state index >= 15 is 0 Å². The zero-order valence-corrected chi connectivity index (χ0v) is 11.4. The third-order valence-electron chi connectivity index (χ3n) is 2.66. The fourth-order valence-electron chi connectivity index (χ4n) is 1.66. The lowest BCUT2D eigenvalue weighted by molar-refractivity contribution is 0.0883. The van der Waals surface area contributed by atoms with Gasteiger partial charge in [-0.1, -0.05) is 49.3 Å². The van der Waals surface area contributed by atoms with E-state index in [2.05, 4.69) is 24.3 Å². The first-order valence-corrected chi connectivity index (χ1v) is 6.53. The van der Waals surface area contributed by atoms with Crippen molar-refractivity contribution < 1.29 is 9.26 Å². The Hall–Kier alpha value is -1.65. The van der Waals surface area contributed by atoms with Crippen molar-refractivity contribution in [2.45, 2.75) is 39.6 Å². The Bertz CT molecular complexity index is 480. The summed E-state index contributed by atoms with van der Waals surface area (Å²) < 4.78 is 10.8. The number of hydrogen-bond donors (Lipinski definition) is 1. The van der Waals surface area contributed by atoms with Gasteiger partial charge in [0.25, 0.3) is 0 Å². The molecule has 0 aliphatic rings. The summed E-state index contributed by atoms with van der Waals surface area (Å²) >= 11 is 0. The SMILES string of the molecule is CC(C)NCc1cc(COCc2ccccc2)on1. The Balaban J connectivity index is 1.74. The van der Waals surface area contributed by atoms with E-state index in [9.17, 15) is 0 Å². The van der Waals surface area contributed by atoms with Crippen LogP contribution in [0.15, 0.2) is 40.9 Å². The maximum absolute atomic E-state index is 5.59. The van der Waals surface area contributed by atoms with E-state index in [-0.39, 0.29) is 0 Å². The molecule has 0 radical (unpaired) electrons. The molecule has 1 heterocycles. The number of nitrogens with one attached hydrogen (secondary N) is 1. The highest BCUT2D eigenvalue weighted by molar-refractivity contribution is 5.13. The molecule has 0 saturated carbocycles. The molecule has 0 fully saturated rings. The Morgan fingerprint density at radius 2 is 2.00 bits per heavy atom. The number of hydrogen-bond acceptors (Lipinski definition) is 4. The van der Waals surface area contributed by atoms with Crippen LogP contribution in [0.3, 0.4) is 0 Å². The normalized spacial score (nSPS) is 11.1. The average Bonchev–Trinajstić information content (AvgIpc) is 2.86. The standard InChI is InChI=1S/C15H20N2O2/c1-12(2)16-9-14-8-15(19-17-14)11-18-10-13-6-4-3-5-7-13/h3-8,12,16H,9-11H2,1-2H3. The smallest absolute Gasteiger partial charge is 0.162 e. The van der Waals surface area contributed by atoms with Crippen LogP contribution in [0, 0.1) is 0 Å². The molecule has 2 rings (SSSR count). The topological polar surface area (TPSA) is 47.3 Å². The summed E-state index contributed by atoms with van der Waals surface area (Å²) in [7, 11) is 0. The molecule has 0 atom stereocenters.